The molecule has 3 atom stereocenters. The maximum Gasteiger partial charge on any atom is 0.307 e. The molecule has 1 aromatic rings. The Balaban J connectivity index is 2.12. The first kappa shape index (κ1) is 15.3. The Kier molecular flexibility index (Phi) is 4.45. The highest BCUT2D eigenvalue weighted by molar-refractivity contribution is 5.95. The maximum absolute atomic E-state index is 13.3. The molecule has 0 heterocycles. The molecule has 114 valence electrons. The van der Waals surface area contributed by atoms with E-state index in [1.807, 2.05) is 6.92 Å². The van der Waals surface area contributed by atoms with Gasteiger partial charge < -0.3 is 15.2 Å². The van der Waals surface area contributed by atoms with E-state index in [1.54, 1.807) is 0 Å². The Labute approximate surface area is 122 Å². The lowest BCUT2D eigenvalue weighted by Gasteiger charge is -2.16. The van der Waals surface area contributed by atoms with E-state index in [0.29, 0.717) is 18.5 Å². The molecule has 2 N–H and O–H groups in total. The molecule has 1 aliphatic rings. The predicted octanol–water partition coefficient (Wildman–Crippen LogP) is 2.52. The van der Waals surface area contributed by atoms with Gasteiger partial charge in [-0.15, -0.1) is 0 Å². The Morgan fingerprint density at radius 1 is 1.33 bits per heavy atom. The number of carboxylic acid groups (broad SMARTS) is 1. The summed E-state index contributed by atoms with van der Waals surface area (Å²) in [5, 5.41) is 11.8. The highest BCUT2D eigenvalue weighted by Crippen LogP contribution is 2.37. The fourth-order valence-electron chi connectivity index (χ4n) is 2.83. The van der Waals surface area contributed by atoms with Crippen molar-refractivity contribution in [3.63, 3.8) is 0 Å². The predicted molar refractivity (Wildman–Crippen MR) is 74.6 cm³/mol. The van der Waals surface area contributed by atoms with Gasteiger partial charge in [-0.3, -0.25) is 9.59 Å². The summed E-state index contributed by atoms with van der Waals surface area (Å²) in [6.07, 6.45) is 1.04. The average molecular weight is 295 g/mol. The number of hydrogen-bond acceptors (Lipinski definition) is 3. The van der Waals surface area contributed by atoms with Gasteiger partial charge in [0.25, 0.3) is 0 Å². The molecule has 2 rings (SSSR count). The van der Waals surface area contributed by atoms with Crippen molar-refractivity contribution in [2.24, 2.45) is 17.8 Å². The van der Waals surface area contributed by atoms with Crippen LogP contribution >= 0.6 is 0 Å². The van der Waals surface area contributed by atoms with Gasteiger partial charge >= 0.3 is 5.97 Å². The topological polar surface area (TPSA) is 75.6 Å². The Morgan fingerprint density at radius 2 is 2.00 bits per heavy atom. The number of nitrogens with one attached hydrogen (secondary N) is 1. The first-order valence-corrected chi connectivity index (χ1v) is 6.79. The third-order valence-corrected chi connectivity index (χ3v) is 3.87. The number of amides is 1. The summed E-state index contributed by atoms with van der Waals surface area (Å²) in [7, 11) is 1.34. The third-order valence-electron chi connectivity index (χ3n) is 3.87. The monoisotopic (exact) mass is 295 g/mol. The zero-order valence-electron chi connectivity index (χ0n) is 11.9. The lowest BCUT2D eigenvalue weighted by molar-refractivity contribution is -0.145. The van der Waals surface area contributed by atoms with Crippen molar-refractivity contribution in [2.45, 2.75) is 19.8 Å². The van der Waals surface area contributed by atoms with Crippen LogP contribution in [0.3, 0.4) is 0 Å². The second kappa shape index (κ2) is 6.11. The summed E-state index contributed by atoms with van der Waals surface area (Å²) in [5.41, 5.74) is 0.391. The van der Waals surface area contributed by atoms with E-state index >= 15 is 0 Å². The van der Waals surface area contributed by atoms with Crippen LogP contribution in [0.5, 0.6) is 5.75 Å². The van der Waals surface area contributed by atoms with Crippen LogP contribution in [0.2, 0.25) is 0 Å². The van der Waals surface area contributed by atoms with Crippen LogP contribution in [-0.2, 0) is 9.59 Å². The van der Waals surface area contributed by atoms with Crippen molar-refractivity contribution in [1.29, 1.82) is 0 Å². The number of carbonyl (C=O) groups excluding carboxylic acids is 1. The Bertz CT molecular complexity index is 561. The molecular formula is C15H18FNO4. The number of carbonyl (C=O) groups is 2. The van der Waals surface area contributed by atoms with Gasteiger partial charge in [0.2, 0.25) is 5.91 Å². The van der Waals surface area contributed by atoms with E-state index in [-0.39, 0.29) is 17.6 Å². The second-order valence-electron chi connectivity index (χ2n) is 5.47. The van der Waals surface area contributed by atoms with Gasteiger partial charge in [0.1, 0.15) is 0 Å². The molecule has 0 radical (unpaired) electrons. The molecule has 1 saturated carbocycles. The molecule has 0 aliphatic heterocycles. The summed E-state index contributed by atoms with van der Waals surface area (Å²) in [6, 6.07) is 3.99. The third kappa shape index (κ3) is 3.32. The highest BCUT2D eigenvalue weighted by Gasteiger charge is 2.41. The molecular weight excluding hydrogens is 277 g/mol. The summed E-state index contributed by atoms with van der Waals surface area (Å²) < 4.78 is 18.2. The normalized spacial score (nSPS) is 24.6. The largest absolute Gasteiger partial charge is 0.494 e. The number of rotatable bonds is 4. The molecule has 0 aromatic heterocycles. The molecule has 1 aromatic carbocycles. The van der Waals surface area contributed by atoms with Gasteiger partial charge in [-0.25, -0.2) is 4.39 Å². The first-order chi connectivity index (χ1) is 9.92. The molecule has 1 fully saturated rings. The Hall–Kier alpha value is -2.11. The van der Waals surface area contributed by atoms with E-state index in [0.717, 1.165) is 0 Å². The molecule has 0 bridgehead atoms. The quantitative estimate of drug-likeness (QED) is 0.895. The number of methoxy groups -OCH3 is 1. The van der Waals surface area contributed by atoms with E-state index in [1.165, 1.54) is 25.3 Å². The van der Waals surface area contributed by atoms with Gasteiger partial charge in [0.05, 0.1) is 18.9 Å². The van der Waals surface area contributed by atoms with Crippen LogP contribution in [0.15, 0.2) is 18.2 Å². The molecule has 0 saturated heterocycles. The number of anilines is 1. The van der Waals surface area contributed by atoms with Crippen molar-refractivity contribution in [1.82, 2.24) is 0 Å². The van der Waals surface area contributed by atoms with E-state index in [2.05, 4.69) is 5.32 Å². The van der Waals surface area contributed by atoms with Crippen LogP contribution in [0.25, 0.3) is 0 Å². The van der Waals surface area contributed by atoms with Crippen LogP contribution in [-0.4, -0.2) is 24.1 Å². The molecule has 5 nitrogen and oxygen atoms in total. The fraction of sp³-hybridized carbons (Fsp3) is 0.467. The van der Waals surface area contributed by atoms with Gasteiger partial charge in [-0.05, 0) is 30.9 Å². The standard InChI is InChI=1S/C15H18FNO4/c1-8-5-10(11(6-8)15(19)20)14(18)17-9-3-4-12(16)13(7-9)21-2/h3-4,7-8,10-11H,5-6H2,1-2H3,(H,17,18)(H,19,20)/t8?,10-,11+/m0/s1. The minimum absolute atomic E-state index is 0.0300. The summed E-state index contributed by atoms with van der Waals surface area (Å²) in [6.45, 7) is 1.93. The molecule has 21 heavy (non-hydrogen) atoms. The zero-order chi connectivity index (χ0) is 15.6. The van der Waals surface area contributed by atoms with Crippen LogP contribution in [0.1, 0.15) is 19.8 Å². The number of hydrogen-bond donors (Lipinski definition) is 2. The number of aliphatic carboxylic acids is 1. The molecule has 1 aliphatic carbocycles. The van der Waals surface area contributed by atoms with Gasteiger partial charge in [-0.1, -0.05) is 6.92 Å². The van der Waals surface area contributed by atoms with Crippen molar-refractivity contribution in [3.05, 3.63) is 24.0 Å². The van der Waals surface area contributed by atoms with Crippen molar-refractivity contribution in [3.8, 4) is 5.75 Å². The first-order valence-electron chi connectivity index (χ1n) is 6.79. The summed E-state index contributed by atoms with van der Waals surface area (Å²) >= 11 is 0. The molecule has 1 unspecified atom stereocenters. The maximum atomic E-state index is 13.3. The van der Waals surface area contributed by atoms with E-state index in [9.17, 15) is 19.1 Å². The zero-order valence-corrected chi connectivity index (χ0v) is 11.9. The smallest absolute Gasteiger partial charge is 0.307 e. The minimum Gasteiger partial charge on any atom is -0.494 e. The second-order valence-corrected chi connectivity index (χ2v) is 5.47. The molecule has 6 heteroatoms. The lowest BCUT2D eigenvalue weighted by atomic mass is 9.95. The minimum atomic E-state index is -0.948. The number of halogens is 1. The van der Waals surface area contributed by atoms with Crippen molar-refractivity contribution >= 4 is 17.6 Å². The Morgan fingerprint density at radius 3 is 2.62 bits per heavy atom. The van der Waals surface area contributed by atoms with Crippen molar-refractivity contribution in [2.75, 3.05) is 12.4 Å². The van der Waals surface area contributed by atoms with Gasteiger partial charge in [-0.2, -0.15) is 0 Å². The lowest BCUT2D eigenvalue weighted by Crippen LogP contribution is -2.30. The van der Waals surface area contributed by atoms with Crippen LogP contribution < -0.4 is 10.1 Å². The summed E-state index contributed by atoms with van der Waals surface area (Å²) in [4.78, 5) is 23.5. The van der Waals surface area contributed by atoms with E-state index < -0.39 is 23.6 Å². The van der Waals surface area contributed by atoms with Gasteiger partial charge in [0.15, 0.2) is 11.6 Å². The van der Waals surface area contributed by atoms with Crippen LogP contribution in [0, 0.1) is 23.6 Å². The fourth-order valence-corrected chi connectivity index (χ4v) is 2.83. The van der Waals surface area contributed by atoms with Crippen LogP contribution in [0.4, 0.5) is 10.1 Å². The number of carboxylic acids is 1. The molecule has 0 spiro atoms. The highest BCUT2D eigenvalue weighted by atomic mass is 19.1. The number of benzene rings is 1. The summed E-state index contributed by atoms with van der Waals surface area (Å²) in [5.74, 6) is -2.81. The van der Waals surface area contributed by atoms with Crippen molar-refractivity contribution < 1.29 is 23.8 Å². The van der Waals surface area contributed by atoms with Gasteiger partial charge in [0, 0.05) is 11.8 Å². The SMILES string of the molecule is COc1cc(NC(=O)[C@H]2CC(C)C[C@H]2C(=O)O)ccc1F. The number of ether oxygens (including phenoxy) is 1. The average Bonchev–Trinajstić information content (AvgIpc) is 2.83. The van der Waals surface area contributed by atoms with E-state index in [4.69, 9.17) is 4.74 Å². The molecule has 1 amide bonds.